The van der Waals surface area contributed by atoms with E-state index in [1.54, 1.807) is 4.90 Å². The molecule has 160 valence electrons. The highest BCUT2D eigenvalue weighted by molar-refractivity contribution is 6.00. The molecule has 2 heterocycles. The van der Waals surface area contributed by atoms with Crippen LogP contribution in [-0.2, 0) is 9.59 Å². The van der Waals surface area contributed by atoms with Crippen molar-refractivity contribution in [1.29, 1.82) is 0 Å². The molecule has 2 aliphatic heterocycles. The molecule has 0 radical (unpaired) electrons. The quantitative estimate of drug-likeness (QED) is 0.646. The third-order valence-corrected chi connectivity index (χ3v) is 6.07. The lowest BCUT2D eigenvalue weighted by Crippen LogP contribution is -2.38. The molecule has 1 aromatic carbocycles. The highest BCUT2D eigenvalue weighted by Gasteiger charge is 2.34. The molecule has 6 nitrogen and oxygen atoms in total. The van der Waals surface area contributed by atoms with E-state index >= 15 is 0 Å². The fraction of sp³-hybridized carbons (Fsp3) is 0.652. The SMILES string of the molecule is CCOc1ccc(N2CC(C(=O)NCCCCN3CCCCC3C)CC2=O)cc1. The van der Waals surface area contributed by atoms with Gasteiger partial charge in [0.15, 0.2) is 0 Å². The molecule has 0 saturated carbocycles. The number of amides is 2. The van der Waals surface area contributed by atoms with Gasteiger partial charge in [0, 0.05) is 31.2 Å². The van der Waals surface area contributed by atoms with Gasteiger partial charge in [-0.05, 0) is 76.9 Å². The zero-order chi connectivity index (χ0) is 20.6. The maximum absolute atomic E-state index is 12.5. The number of rotatable bonds is 9. The number of piperidine rings is 1. The number of likely N-dealkylation sites (tertiary alicyclic amines) is 1. The van der Waals surface area contributed by atoms with E-state index in [9.17, 15) is 9.59 Å². The summed E-state index contributed by atoms with van der Waals surface area (Å²) in [7, 11) is 0. The minimum atomic E-state index is -0.267. The minimum absolute atomic E-state index is 0.00173. The van der Waals surface area contributed by atoms with Gasteiger partial charge in [-0.2, -0.15) is 0 Å². The summed E-state index contributed by atoms with van der Waals surface area (Å²) < 4.78 is 5.45. The lowest BCUT2D eigenvalue weighted by Gasteiger charge is -2.33. The average Bonchev–Trinajstić information content (AvgIpc) is 3.11. The predicted octanol–water partition coefficient (Wildman–Crippen LogP) is 3.21. The van der Waals surface area contributed by atoms with E-state index in [4.69, 9.17) is 4.74 Å². The Morgan fingerprint density at radius 2 is 2.00 bits per heavy atom. The number of carbonyl (C=O) groups excluding carboxylic acids is 2. The molecule has 0 aliphatic carbocycles. The van der Waals surface area contributed by atoms with Crippen molar-refractivity contribution in [2.75, 3.05) is 37.7 Å². The Hall–Kier alpha value is -2.08. The van der Waals surface area contributed by atoms with E-state index in [1.165, 1.54) is 25.8 Å². The van der Waals surface area contributed by atoms with Crippen LogP contribution in [0.5, 0.6) is 5.75 Å². The molecule has 0 spiro atoms. The maximum atomic E-state index is 12.5. The zero-order valence-corrected chi connectivity index (χ0v) is 17.9. The third-order valence-electron chi connectivity index (χ3n) is 6.07. The number of anilines is 1. The summed E-state index contributed by atoms with van der Waals surface area (Å²) in [5, 5.41) is 3.04. The Kier molecular flexibility index (Phi) is 7.92. The van der Waals surface area contributed by atoms with Gasteiger partial charge in [0.05, 0.1) is 12.5 Å². The van der Waals surface area contributed by atoms with Crippen LogP contribution in [0.1, 0.15) is 52.4 Å². The Morgan fingerprint density at radius 3 is 2.72 bits per heavy atom. The molecule has 2 aliphatic rings. The van der Waals surface area contributed by atoms with Crippen LogP contribution >= 0.6 is 0 Å². The van der Waals surface area contributed by atoms with Gasteiger partial charge in [0.2, 0.25) is 11.8 Å². The number of benzene rings is 1. The summed E-state index contributed by atoms with van der Waals surface area (Å²) in [5.41, 5.74) is 0.824. The second kappa shape index (κ2) is 10.6. The van der Waals surface area contributed by atoms with Crippen molar-refractivity contribution in [2.45, 2.75) is 58.4 Å². The molecular formula is C23H35N3O3. The van der Waals surface area contributed by atoms with Crippen LogP contribution in [0, 0.1) is 5.92 Å². The first-order valence-electron chi connectivity index (χ1n) is 11.1. The third kappa shape index (κ3) is 5.95. The van der Waals surface area contributed by atoms with Crippen LogP contribution in [0.2, 0.25) is 0 Å². The number of hydrogen-bond donors (Lipinski definition) is 1. The average molecular weight is 402 g/mol. The monoisotopic (exact) mass is 401 g/mol. The van der Waals surface area contributed by atoms with Crippen molar-refractivity contribution >= 4 is 17.5 Å². The van der Waals surface area contributed by atoms with Crippen molar-refractivity contribution < 1.29 is 14.3 Å². The summed E-state index contributed by atoms with van der Waals surface area (Å²) >= 11 is 0. The molecular weight excluding hydrogens is 366 g/mol. The van der Waals surface area contributed by atoms with Gasteiger partial charge in [-0.3, -0.25) is 9.59 Å². The number of nitrogens with zero attached hydrogens (tertiary/aromatic N) is 2. The van der Waals surface area contributed by atoms with E-state index in [2.05, 4.69) is 17.1 Å². The first-order chi connectivity index (χ1) is 14.1. The second-order valence-electron chi connectivity index (χ2n) is 8.21. The fourth-order valence-corrected chi connectivity index (χ4v) is 4.31. The highest BCUT2D eigenvalue weighted by Crippen LogP contribution is 2.27. The van der Waals surface area contributed by atoms with Crippen molar-refractivity contribution in [3.05, 3.63) is 24.3 Å². The minimum Gasteiger partial charge on any atom is -0.494 e. The summed E-state index contributed by atoms with van der Waals surface area (Å²) in [5.74, 6) is 0.527. The summed E-state index contributed by atoms with van der Waals surface area (Å²) in [6.45, 7) is 8.33. The molecule has 29 heavy (non-hydrogen) atoms. The number of ether oxygens (including phenoxy) is 1. The van der Waals surface area contributed by atoms with Gasteiger partial charge in [-0.15, -0.1) is 0 Å². The molecule has 1 aromatic rings. The Bertz CT molecular complexity index is 676. The Labute approximate surface area is 174 Å². The molecule has 2 fully saturated rings. The van der Waals surface area contributed by atoms with E-state index in [0.717, 1.165) is 30.8 Å². The second-order valence-corrected chi connectivity index (χ2v) is 8.21. The van der Waals surface area contributed by atoms with E-state index in [-0.39, 0.29) is 24.2 Å². The first-order valence-corrected chi connectivity index (χ1v) is 11.1. The van der Waals surface area contributed by atoms with Crippen LogP contribution in [0.25, 0.3) is 0 Å². The van der Waals surface area contributed by atoms with Crippen LogP contribution in [0.3, 0.4) is 0 Å². The van der Waals surface area contributed by atoms with Gasteiger partial charge in [0.1, 0.15) is 5.75 Å². The lowest BCUT2D eigenvalue weighted by atomic mass is 10.0. The van der Waals surface area contributed by atoms with Crippen LogP contribution in [-0.4, -0.2) is 55.5 Å². The van der Waals surface area contributed by atoms with Gasteiger partial charge >= 0.3 is 0 Å². The fourth-order valence-electron chi connectivity index (χ4n) is 4.31. The van der Waals surface area contributed by atoms with Crippen molar-refractivity contribution in [3.63, 3.8) is 0 Å². The molecule has 0 bridgehead atoms. The summed E-state index contributed by atoms with van der Waals surface area (Å²) in [6.07, 6.45) is 6.33. The van der Waals surface area contributed by atoms with Gasteiger partial charge < -0.3 is 19.9 Å². The summed E-state index contributed by atoms with van der Waals surface area (Å²) in [4.78, 5) is 29.2. The van der Waals surface area contributed by atoms with E-state index in [1.807, 2.05) is 31.2 Å². The topological polar surface area (TPSA) is 61.9 Å². The number of nitrogens with one attached hydrogen (secondary N) is 1. The smallest absolute Gasteiger partial charge is 0.227 e. The Morgan fingerprint density at radius 1 is 1.21 bits per heavy atom. The van der Waals surface area contributed by atoms with E-state index < -0.39 is 0 Å². The first kappa shape index (κ1) is 21.6. The highest BCUT2D eigenvalue weighted by atomic mass is 16.5. The normalized spacial score (nSPS) is 22.7. The number of carbonyl (C=O) groups is 2. The zero-order valence-electron chi connectivity index (χ0n) is 17.9. The van der Waals surface area contributed by atoms with Gasteiger partial charge in [-0.1, -0.05) is 6.42 Å². The van der Waals surface area contributed by atoms with Crippen LogP contribution in [0.15, 0.2) is 24.3 Å². The van der Waals surface area contributed by atoms with Crippen molar-refractivity contribution in [1.82, 2.24) is 10.2 Å². The molecule has 6 heteroatoms. The number of hydrogen-bond acceptors (Lipinski definition) is 4. The van der Waals surface area contributed by atoms with Gasteiger partial charge in [0.25, 0.3) is 0 Å². The molecule has 1 N–H and O–H groups in total. The molecule has 2 amide bonds. The van der Waals surface area contributed by atoms with Crippen LogP contribution < -0.4 is 15.0 Å². The molecule has 3 rings (SSSR count). The molecule has 2 saturated heterocycles. The van der Waals surface area contributed by atoms with Crippen molar-refractivity contribution in [3.8, 4) is 5.75 Å². The molecule has 2 atom stereocenters. The standard InChI is InChI=1S/C23H35N3O3/c1-3-29-21-11-9-20(10-12-21)26-17-19(16-22(26)27)23(28)24-13-5-7-15-25-14-6-4-8-18(25)2/h9-12,18-19H,3-8,13-17H2,1-2H3,(H,24,28). The lowest BCUT2D eigenvalue weighted by molar-refractivity contribution is -0.126. The molecule has 0 aromatic heterocycles. The molecule has 2 unspecified atom stereocenters. The van der Waals surface area contributed by atoms with E-state index in [0.29, 0.717) is 25.7 Å². The van der Waals surface area contributed by atoms with Crippen molar-refractivity contribution in [2.24, 2.45) is 5.92 Å². The summed E-state index contributed by atoms with van der Waals surface area (Å²) in [6, 6.07) is 8.18. The Balaban J connectivity index is 1.38. The predicted molar refractivity (Wildman–Crippen MR) is 115 cm³/mol. The van der Waals surface area contributed by atoms with Crippen LogP contribution in [0.4, 0.5) is 5.69 Å². The maximum Gasteiger partial charge on any atom is 0.227 e. The number of unbranched alkanes of at least 4 members (excludes halogenated alkanes) is 1. The largest absolute Gasteiger partial charge is 0.494 e. The van der Waals surface area contributed by atoms with Gasteiger partial charge in [-0.25, -0.2) is 0 Å².